The average molecular weight is 346 g/mol. The van der Waals surface area contributed by atoms with E-state index in [2.05, 4.69) is 9.80 Å². The SMILES string of the molecule is COCCN1C[C@H]2CC[C@@H]1CN(C(=O)Cc1ccc3c(c1)OCO3)C2. The van der Waals surface area contributed by atoms with Crippen molar-refractivity contribution in [1.82, 2.24) is 9.80 Å². The molecule has 4 heterocycles. The van der Waals surface area contributed by atoms with Crippen LogP contribution in [0.2, 0.25) is 0 Å². The number of carbonyl (C=O) groups is 1. The number of hydrogen-bond donors (Lipinski definition) is 0. The molecule has 3 fully saturated rings. The van der Waals surface area contributed by atoms with E-state index >= 15 is 0 Å². The third kappa shape index (κ3) is 3.60. The van der Waals surface area contributed by atoms with Crippen LogP contribution in [-0.2, 0) is 16.0 Å². The van der Waals surface area contributed by atoms with Gasteiger partial charge in [0.25, 0.3) is 0 Å². The first-order chi connectivity index (χ1) is 12.2. The molecular weight excluding hydrogens is 320 g/mol. The fraction of sp³-hybridized carbons (Fsp3) is 0.632. The maximum atomic E-state index is 12.9. The summed E-state index contributed by atoms with van der Waals surface area (Å²) in [6.07, 6.45) is 2.83. The summed E-state index contributed by atoms with van der Waals surface area (Å²) >= 11 is 0. The van der Waals surface area contributed by atoms with Crippen molar-refractivity contribution in [2.24, 2.45) is 5.92 Å². The Kier molecular flexibility index (Phi) is 4.81. The highest BCUT2D eigenvalue weighted by Crippen LogP contribution is 2.33. The Morgan fingerprint density at radius 3 is 2.96 bits per heavy atom. The number of rotatable bonds is 5. The van der Waals surface area contributed by atoms with Crippen molar-refractivity contribution in [3.8, 4) is 11.5 Å². The van der Waals surface area contributed by atoms with Crippen LogP contribution in [0.15, 0.2) is 18.2 Å². The van der Waals surface area contributed by atoms with E-state index in [1.165, 1.54) is 12.8 Å². The summed E-state index contributed by atoms with van der Waals surface area (Å²) in [5, 5.41) is 0. The highest BCUT2D eigenvalue weighted by molar-refractivity contribution is 5.79. The summed E-state index contributed by atoms with van der Waals surface area (Å²) in [4.78, 5) is 17.4. The van der Waals surface area contributed by atoms with Crippen LogP contribution in [0.25, 0.3) is 0 Å². The standard InChI is InChI=1S/C19H26N2O4/c1-23-7-6-20-10-15-2-4-16(20)12-21(11-15)19(22)9-14-3-5-17-18(8-14)25-13-24-17/h3,5,8,15-16H,2,4,6-7,9-13H2,1H3/t15-,16-/m1/s1. The maximum Gasteiger partial charge on any atom is 0.231 e. The molecule has 3 saturated heterocycles. The first-order valence-corrected chi connectivity index (χ1v) is 9.12. The summed E-state index contributed by atoms with van der Waals surface area (Å²) in [5.41, 5.74) is 0.988. The van der Waals surface area contributed by atoms with Crippen molar-refractivity contribution < 1.29 is 19.0 Å². The Bertz CT molecular complexity index is 636. The van der Waals surface area contributed by atoms with E-state index in [-0.39, 0.29) is 12.7 Å². The molecule has 1 aromatic carbocycles. The van der Waals surface area contributed by atoms with E-state index in [4.69, 9.17) is 14.2 Å². The van der Waals surface area contributed by atoms with Crippen molar-refractivity contribution >= 4 is 5.91 Å². The van der Waals surface area contributed by atoms with Gasteiger partial charge < -0.3 is 19.1 Å². The molecule has 0 N–H and O–H groups in total. The molecule has 6 heteroatoms. The monoisotopic (exact) mass is 346 g/mol. The average Bonchev–Trinajstić information content (AvgIpc) is 2.89. The molecule has 0 aliphatic carbocycles. The van der Waals surface area contributed by atoms with Gasteiger partial charge in [-0.25, -0.2) is 0 Å². The van der Waals surface area contributed by atoms with E-state index < -0.39 is 0 Å². The minimum absolute atomic E-state index is 0.212. The molecule has 0 saturated carbocycles. The fourth-order valence-corrected chi connectivity index (χ4v) is 4.20. The van der Waals surface area contributed by atoms with Crippen LogP contribution >= 0.6 is 0 Å². The van der Waals surface area contributed by atoms with Crippen molar-refractivity contribution in [3.63, 3.8) is 0 Å². The van der Waals surface area contributed by atoms with Gasteiger partial charge in [0, 0.05) is 39.3 Å². The minimum Gasteiger partial charge on any atom is -0.454 e. The van der Waals surface area contributed by atoms with Gasteiger partial charge in [-0.2, -0.15) is 0 Å². The van der Waals surface area contributed by atoms with Crippen molar-refractivity contribution in [2.75, 3.05) is 46.7 Å². The quantitative estimate of drug-likeness (QED) is 0.809. The first kappa shape index (κ1) is 16.7. The second-order valence-electron chi connectivity index (χ2n) is 7.25. The molecule has 5 rings (SSSR count). The topological polar surface area (TPSA) is 51.2 Å². The number of carbonyl (C=O) groups excluding carboxylic acids is 1. The van der Waals surface area contributed by atoms with Gasteiger partial charge in [0.2, 0.25) is 12.7 Å². The van der Waals surface area contributed by atoms with E-state index in [9.17, 15) is 4.79 Å². The first-order valence-electron chi connectivity index (χ1n) is 9.12. The molecule has 25 heavy (non-hydrogen) atoms. The lowest BCUT2D eigenvalue weighted by molar-refractivity contribution is -0.130. The van der Waals surface area contributed by atoms with E-state index in [1.807, 2.05) is 18.2 Å². The number of methoxy groups -OCH3 is 1. The summed E-state index contributed by atoms with van der Waals surface area (Å²) in [5.74, 6) is 2.30. The summed E-state index contributed by atoms with van der Waals surface area (Å²) in [7, 11) is 1.75. The number of amides is 1. The van der Waals surface area contributed by atoms with Gasteiger partial charge in [-0.05, 0) is 36.5 Å². The van der Waals surface area contributed by atoms with Crippen molar-refractivity contribution in [2.45, 2.75) is 25.3 Å². The smallest absolute Gasteiger partial charge is 0.231 e. The Labute approximate surface area is 148 Å². The summed E-state index contributed by atoms with van der Waals surface area (Å²) in [6.45, 7) is 4.78. The predicted molar refractivity (Wildman–Crippen MR) is 92.8 cm³/mol. The fourth-order valence-electron chi connectivity index (χ4n) is 4.20. The molecule has 6 nitrogen and oxygen atoms in total. The van der Waals surface area contributed by atoms with Gasteiger partial charge in [-0.15, -0.1) is 0 Å². The number of fused-ring (bicyclic) bond motifs is 5. The normalized spacial score (nSPS) is 25.2. The third-order valence-electron chi connectivity index (χ3n) is 5.55. The largest absolute Gasteiger partial charge is 0.454 e. The van der Waals surface area contributed by atoms with Crippen LogP contribution in [0, 0.1) is 5.92 Å². The lowest BCUT2D eigenvalue weighted by Crippen LogP contribution is -2.45. The zero-order valence-corrected chi connectivity index (χ0v) is 14.8. The van der Waals surface area contributed by atoms with Crippen LogP contribution in [0.3, 0.4) is 0 Å². The molecule has 2 atom stereocenters. The second kappa shape index (κ2) is 7.22. The summed E-state index contributed by atoms with van der Waals surface area (Å²) < 4.78 is 16.0. The number of piperidine rings is 1. The Morgan fingerprint density at radius 1 is 1.20 bits per heavy atom. The number of benzene rings is 1. The molecule has 0 spiro atoms. The van der Waals surface area contributed by atoms with Gasteiger partial charge in [0.15, 0.2) is 11.5 Å². The highest BCUT2D eigenvalue weighted by atomic mass is 16.7. The van der Waals surface area contributed by atoms with Crippen LogP contribution in [0.4, 0.5) is 0 Å². The maximum absolute atomic E-state index is 12.9. The highest BCUT2D eigenvalue weighted by Gasteiger charge is 2.36. The van der Waals surface area contributed by atoms with Gasteiger partial charge in [-0.1, -0.05) is 6.07 Å². The van der Waals surface area contributed by atoms with Crippen molar-refractivity contribution in [3.05, 3.63) is 23.8 Å². The van der Waals surface area contributed by atoms with Gasteiger partial charge in [-0.3, -0.25) is 9.69 Å². The van der Waals surface area contributed by atoms with Gasteiger partial charge in [0.1, 0.15) is 0 Å². The van der Waals surface area contributed by atoms with Crippen LogP contribution in [0.1, 0.15) is 18.4 Å². The molecule has 1 aromatic rings. The zero-order valence-electron chi connectivity index (χ0n) is 14.8. The van der Waals surface area contributed by atoms with E-state index in [1.54, 1.807) is 7.11 Å². The van der Waals surface area contributed by atoms with E-state index in [0.29, 0.717) is 18.4 Å². The summed E-state index contributed by atoms with van der Waals surface area (Å²) in [6, 6.07) is 6.25. The Balaban J connectivity index is 1.40. The van der Waals surface area contributed by atoms with Gasteiger partial charge in [0.05, 0.1) is 13.0 Å². The molecule has 0 aromatic heterocycles. The molecule has 4 aliphatic rings. The van der Waals surface area contributed by atoms with Crippen LogP contribution in [0.5, 0.6) is 11.5 Å². The molecule has 4 aliphatic heterocycles. The Morgan fingerprint density at radius 2 is 2.08 bits per heavy atom. The van der Waals surface area contributed by atoms with Crippen LogP contribution < -0.4 is 9.47 Å². The van der Waals surface area contributed by atoms with Crippen LogP contribution in [-0.4, -0.2) is 68.4 Å². The number of nitrogens with zero attached hydrogens (tertiary/aromatic N) is 2. The predicted octanol–water partition coefficient (Wildman–Crippen LogP) is 1.53. The minimum atomic E-state index is 0.212. The molecule has 2 bridgehead atoms. The molecule has 0 unspecified atom stereocenters. The lowest BCUT2D eigenvalue weighted by atomic mass is 9.95. The zero-order chi connectivity index (χ0) is 17.2. The Hall–Kier alpha value is -1.79. The molecule has 136 valence electrons. The van der Waals surface area contributed by atoms with Crippen molar-refractivity contribution in [1.29, 1.82) is 0 Å². The molecular formula is C19H26N2O4. The number of ether oxygens (including phenoxy) is 3. The lowest BCUT2D eigenvalue weighted by Gasteiger charge is -2.35. The van der Waals surface area contributed by atoms with E-state index in [0.717, 1.165) is 49.8 Å². The number of hydrogen-bond acceptors (Lipinski definition) is 5. The van der Waals surface area contributed by atoms with Gasteiger partial charge >= 0.3 is 0 Å². The third-order valence-corrected chi connectivity index (χ3v) is 5.55. The molecule has 0 radical (unpaired) electrons. The second-order valence-corrected chi connectivity index (χ2v) is 7.25. The molecule has 1 amide bonds.